The lowest BCUT2D eigenvalue weighted by Crippen LogP contribution is -2.27. The van der Waals surface area contributed by atoms with E-state index >= 15 is 0 Å². The Morgan fingerprint density at radius 2 is 1.80 bits per heavy atom. The minimum Gasteiger partial charge on any atom is -0.317 e. The molecule has 0 aliphatic heterocycles. The molecule has 1 aliphatic rings. The maximum absolute atomic E-state index is 12.4. The molecule has 2 heteroatoms. The smallest absolute Gasteiger partial charge is 0.165 e. The van der Waals surface area contributed by atoms with Gasteiger partial charge in [0.05, 0.1) is 0 Å². The first kappa shape index (κ1) is 13.2. The van der Waals surface area contributed by atoms with Gasteiger partial charge in [-0.3, -0.25) is 4.79 Å². The molecule has 0 fully saturated rings. The van der Waals surface area contributed by atoms with E-state index in [9.17, 15) is 4.79 Å². The number of para-hydroxylation sites is 1. The zero-order valence-corrected chi connectivity index (χ0v) is 12.7. The molecule has 0 bridgehead atoms. The topological polar surface area (TPSA) is 22.0 Å². The van der Waals surface area contributed by atoms with Gasteiger partial charge >= 0.3 is 0 Å². The number of hydrogen-bond donors (Lipinski definition) is 0. The molecule has 1 heterocycles. The van der Waals surface area contributed by atoms with Crippen molar-refractivity contribution in [3.05, 3.63) is 52.8 Å². The van der Waals surface area contributed by atoms with Gasteiger partial charge < -0.3 is 4.57 Å². The van der Waals surface area contributed by atoms with Crippen LogP contribution in [-0.2, 0) is 6.42 Å². The molecule has 0 saturated carbocycles. The molecule has 0 N–H and O–H groups in total. The number of aryl methyl sites for hydroxylation is 2. The first-order valence-corrected chi connectivity index (χ1v) is 7.19. The van der Waals surface area contributed by atoms with Gasteiger partial charge in [-0.25, -0.2) is 0 Å². The van der Waals surface area contributed by atoms with Crippen molar-refractivity contribution in [2.45, 2.75) is 40.5 Å². The normalized spacial score (nSPS) is 17.1. The third-order valence-corrected chi connectivity index (χ3v) is 4.23. The molecule has 0 amide bonds. The summed E-state index contributed by atoms with van der Waals surface area (Å²) in [5.41, 5.74) is 5.73. The maximum Gasteiger partial charge on any atom is 0.165 e. The van der Waals surface area contributed by atoms with Crippen LogP contribution in [0.4, 0.5) is 0 Å². The van der Waals surface area contributed by atoms with E-state index in [0.717, 1.165) is 17.7 Å². The van der Waals surface area contributed by atoms with E-state index in [1.54, 1.807) is 0 Å². The van der Waals surface area contributed by atoms with Crippen molar-refractivity contribution < 1.29 is 4.79 Å². The Balaban J connectivity index is 2.24. The van der Waals surface area contributed by atoms with Gasteiger partial charge in [-0.15, -0.1) is 0 Å². The fraction of sp³-hybridized carbons (Fsp3) is 0.389. The number of aromatic nitrogens is 1. The second kappa shape index (κ2) is 4.34. The van der Waals surface area contributed by atoms with Crippen LogP contribution in [0.15, 0.2) is 30.3 Å². The van der Waals surface area contributed by atoms with Gasteiger partial charge in [0.1, 0.15) is 0 Å². The van der Waals surface area contributed by atoms with E-state index < -0.39 is 0 Å². The fourth-order valence-corrected chi connectivity index (χ4v) is 3.30. The molecule has 0 atom stereocenters. The van der Waals surface area contributed by atoms with Crippen molar-refractivity contribution in [1.29, 1.82) is 0 Å². The van der Waals surface area contributed by atoms with Crippen LogP contribution >= 0.6 is 0 Å². The SMILES string of the molecule is Cc1ccccc1-n1c(C)cc2c1CC(C)(C)CC2=O. The number of ketones is 1. The largest absolute Gasteiger partial charge is 0.317 e. The van der Waals surface area contributed by atoms with E-state index in [0.29, 0.717) is 6.42 Å². The predicted molar refractivity (Wildman–Crippen MR) is 81.7 cm³/mol. The second-order valence-electron chi connectivity index (χ2n) is 6.71. The zero-order chi connectivity index (χ0) is 14.5. The summed E-state index contributed by atoms with van der Waals surface area (Å²) in [5.74, 6) is 0.284. The van der Waals surface area contributed by atoms with Crippen LogP contribution in [0.3, 0.4) is 0 Å². The number of carbonyl (C=O) groups is 1. The van der Waals surface area contributed by atoms with Gasteiger partial charge in [-0.1, -0.05) is 32.0 Å². The van der Waals surface area contributed by atoms with Gasteiger partial charge in [0, 0.05) is 29.1 Å². The summed E-state index contributed by atoms with van der Waals surface area (Å²) in [6.07, 6.45) is 1.60. The molecule has 0 unspecified atom stereocenters. The summed E-state index contributed by atoms with van der Waals surface area (Å²) in [6.45, 7) is 8.57. The van der Waals surface area contributed by atoms with E-state index in [1.165, 1.54) is 16.9 Å². The van der Waals surface area contributed by atoms with Crippen molar-refractivity contribution in [2.24, 2.45) is 5.41 Å². The van der Waals surface area contributed by atoms with Crippen molar-refractivity contribution >= 4 is 5.78 Å². The average Bonchev–Trinajstić information content (AvgIpc) is 2.66. The number of fused-ring (bicyclic) bond motifs is 1. The standard InChI is InChI=1S/C18H21NO/c1-12-7-5-6-8-15(12)19-13(2)9-14-16(19)10-18(3,4)11-17(14)20/h5-9H,10-11H2,1-4H3. The van der Waals surface area contributed by atoms with E-state index in [2.05, 4.69) is 62.6 Å². The highest BCUT2D eigenvalue weighted by atomic mass is 16.1. The van der Waals surface area contributed by atoms with Crippen molar-refractivity contribution in [2.75, 3.05) is 0 Å². The molecule has 20 heavy (non-hydrogen) atoms. The Kier molecular flexibility index (Phi) is 2.86. The fourth-order valence-electron chi connectivity index (χ4n) is 3.30. The molecule has 2 aromatic rings. The Labute approximate surface area is 120 Å². The molecule has 3 rings (SSSR count). The average molecular weight is 267 g/mol. The predicted octanol–water partition coefficient (Wildman–Crippen LogP) is 4.25. The molecule has 2 nitrogen and oxygen atoms in total. The molecule has 1 aromatic heterocycles. The van der Waals surface area contributed by atoms with Crippen LogP contribution in [0.1, 0.15) is 47.6 Å². The van der Waals surface area contributed by atoms with E-state index in [-0.39, 0.29) is 11.2 Å². The highest BCUT2D eigenvalue weighted by Gasteiger charge is 2.34. The van der Waals surface area contributed by atoms with Crippen LogP contribution in [0, 0.1) is 19.3 Å². The number of Topliss-reactive ketones (excluding diaryl/α,β-unsaturated/α-hetero) is 1. The van der Waals surface area contributed by atoms with Crippen LogP contribution in [0.5, 0.6) is 0 Å². The Morgan fingerprint density at radius 1 is 1.10 bits per heavy atom. The number of nitrogens with zero attached hydrogens (tertiary/aromatic N) is 1. The minimum atomic E-state index is 0.0509. The highest BCUT2D eigenvalue weighted by molar-refractivity contribution is 5.99. The number of benzene rings is 1. The summed E-state index contributed by atoms with van der Waals surface area (Å²) < 4.78 is 2.27. The minimum absolute atomic E-state index is 0.0509. The number of carbonyl (C=O) groups excluding carboxylic acids is 1. The molecule has 104 valence electrons. The van der Waals surface area contributed by atoms with Crippen molar-refractivity contribution in [3.8, 4) is 5.69 Å². The lowest BCUT2D eigenvalue weighted by atomic mass is 9.76. The third-order valence-electron chi connectivity index (χ3n) is 4.23. The highest BCUT2D eigenvalue weighted by Crippen LogP contribution is 2.37. The van der Waals surface area contributed by atoms with Gasteiger partial charge in [0.15, 0.2) is 5.78 Å². The van der Waals surface area contributed by atoms with Gasteiger partial charge in [0.2, 0.25) is 0 Å². The summed E-state index contributed by atoms with van der Waals surface area (Å²) in [4.78, 5) is 12.4. The zero-order valence-electron chi connectivity index (χ0n) is 12.7. The Hall–Kier alpha value is -1.83. The summed E-state index contributed by atoms with van der Waals surface area (Å²) in [5, 5.41) is 0. The quantitative estimate of drug-likeness (QED) is 0.757. The summed E-state index contributed by atoms with van der Waals surface area (Å²) in [6, 6.07) is 10.4. The van der Waals surface area contributed by atoms with Crippen LogP contribution in [0.25, 0.3) is 5.69 Å². The van der Waals surface area contributed by atoms with E-state index in [1.807, 2.05) is 0 Å². The van der Waals surface area contributed by atoms with Crippen LogP contribution in [-0.4, -0.2) is 10.4 Å². The Morgan fingerprint density at radius 3 is 2.50 bits per heavy atom. The molecule has 0 radical (unpaired) electrons. The Bertz CT molecular complexity index is 691. The van der Waals surface area contributed by atoms with Crippen molar-refractivity contribution in [3.63, 3.8) is 0 Å². The molecule has 0 saturated heterocycles. The van der Waals surface area contributed by atoms with Gasteiger partial charge in [-0.2, -0.15) is 0 Å². The molecule has 1 aromatic carbocycles. The molecular formula is C18H21NO. The molecule has 0 spiro atoms. The van der Waals surface area contributed by atoms with Gasteiger partial charge in [-0.05, 0) is 43.4 Å². The van der Waals surface area contributed by atoms with Crippen LogP contribution in [0.2, 0.25) is 0 Å². The first-order valence-electron chi connectivity index (χ1n) is 7.19. The molecule has 1 aliphatic carbocycles. The van der Waals surface area contributed by atoms with Crippen molar-refractivity contribution in [1.82, 2.24) is 4.57 Å². The van der Waals surface area contributed by atoms with Crippen LogP contribution < -0.4 is 0 Å². The molecular weight excluding hydrogens is 246 g/mol. The van der Waals surface area contributed by atoms with Gasteiger partial charge in [0.25, 0.3) is 0 Å². The van der Waals surface area contributed by atoms with E-state index in [4.69, 9.17) is 0 Å². The lowest BCUT2D eigenvalue weighted by Gasteiger charge is -2.30. The number of rotatable bonds is 1. The summed E-state index contributed by atoms with van der Waals surface area (Å²) >= 11 is 0. The lowest BCUT2D eigenvalue weighted by molar-refractivity contribution is 0.0911. The first-order chi connectivity index (χ1) is 9.39. The number of hydrogen-bond acceptors (Lipinski definition) is 1. The monoisotopic (exact) mass is 267 g/mol. The summed E-state index contributed by atoms with van der Waals surface area (Å²) in [7, 11) is 0. The third kappa shape index (κ3) is 2.00. The maximum atomic E-state index is 12.4. The second-order valence-corrected chi connectivity index (χ2v) is 6.71.